The molecule has 0 aromatic rings. The highest BCUT2D eigenvalue weighted by Gasteiger charge is 2.51. The van der Waals surface area contributed by atoms with Gasteiger partial charge in [-0.1, -0.05) is 264 Å². The fraction of sp³-hybridized carbons (Fsp3) is 0.983. The van der Waals surface area contributed by atoms with Crippen LogP contribution in [-0.2, 0) is 23.7 Å². The second kappa shape index (κ2) is 46.9. The Morgan fingerprint density at radius 1 is 0.432 bits per heavy atom. The molecule has 2 aliphatic rings. The number of hydrogen-bond acceptors (Lipinski definition) is 13. The van der Waals surface area contributed by atoms with Gasteiger partial charge in [-0.2, -0.15) is 0 Å². The Labute approximate surface area is 451 Å². The predicted octanol–water partition coefficient (Wildman–Crippen LogP) is 10.9. The van der Waals surface area contributed by atoms with E-state index in [9.17, 15) is 45.6 Å². The molecule has 4 unspecified atom stereocenters. The van der Waals surface area contributed by atoms with Crippen molar-refractivity contribution in [3.05, 3.63) is 0 Å². The van der Waals surface area contributed by atoms with Crippen molar-refractivity contribution in [3.63, 3.8) is 0 Å². The van der Waals surface area contributed by atoms with Gasteiger partial charge in [0.15, 0.2) is 12.6 Å². The molecule has 0 aromatic carbocycles. The van der Waals surface area contributed by atoms with Crippen LogP contribution < -0.4 is 5.32 Å². The smallest absolute Gasteiger partial charge is 0.220 e. The van der Waals surface area contributed by atoms with E-state index in [0.29, 0.717) is 12.8 Å². The van der Waals surface area contributed by atoms with E-state index in [4.69, 9.17) is 18.9 Å². The first kappa shape index (κ1) is 69.1. The molecule has 0 aliphatic carbocycles. The fourth-order valence-corrected chi connectivity index (χ4v) is 10.8. The van der Waals surface area contributed by atoms with Crippen molar-refractivity contribution in [2.45, 2.75) is 357 Å². The van der Waals surface area contributed by atoms with Crippen LogP contribution in [0.2, 0.25) is 0 Å². The summed E-state index contributed by atoms with van der Waals surface area (Å²) in [7, 11) is 0. The minimum atomic E-state index is -1.78. The first-order valence-electron chi connectivity index (χ1n) is 31.3. The van der Waals surface area contributed by atoms with Crippen LogP contribution >= 0.6 is 0 Å². The SMILES string of the molecule is CCCCCCCCCCCCCCCCCCCCCCCCCCCCCC(=O)N[C@@H](CO[C@@H]1O[C@H](CO)[C@@H](O[C@@H]2O[C@H](CO)[C@H](O)C(O)C2O)C(O)C1O)[C@H](O)CCCCCCCCCCCCCCC. The molecule has 0 bridgehead atoms. The average Bonchev–Trinajstić information content (AvgIpc) is 3.40. The maximum atomic E-state index is 13.3. The second-order valence-electron chi connectivity index (χ2n) is 22.6. The zero-order valence-corrected chi connectivity index (χ0v) is 47.4. The third-order valence-corrected chi connectivity index (χ3v) is 15.8. The van der Waals surface area contributed by atoms with Gasteiger partial charge in [0, 0.05) is 6.42 Å². The van der Waals surface area contributed by atoms with Gasteiger partial charge < -0.3 is 65.1 Å². The van der Waals surface area contributed by atoms with Crippen LogP contribution in [0.4, 0.5) is 0 Å². The average molecular weight is 1060 g/mol. The summed E-state index contributed by atoms with van der Waals surface area (Å²) in [6.07, 6.45) is 35.5. The number of hydrogen-bond donors (Lipinski definition) is 9. The van der Waals surface area contributed by atoms with Crippen molar-refractivity contribution in [2.24, 2.45) is 0 Å². The van der Waals surface area contributed by atoms with E-state index in [1.165, 1.54) is 205 Å². The Hall–Kier alpha value is -1.01. The number of amides is 1. The first-order chi connectivity index (χ1) is 36.1. The summed E-state index contributed by atoms with van der Waals surface area (Å²) in [5.74, 6) is -0.200. The zero-order chi connectivity index (χ0) is 53.9. The lowest BCUT2D eigenvalue weighted by molar-refractivity contribution is -0.359. The molecule has 2 saturated heterocycles. The monoisotopic (exact) mass is 1060 g/mol. The summed E-state index contributed by atoms with van der Waals surface area (Å²) in [5, 5.41) is 87.2. The summed E-state index contributed by atoms with van der Waals surface area (Å²) in [4.78, 5) is 13.3. The number of unbranched alkanes of at least 4 members (excludes halogenated alkanes) is 38. The van der Waals surface area contributed by atoms with Gasteiger partial charge in [0.05, 0.1) is 32.0 Å². The highest BCUT2D eigenvalue weighted by Crippen LogP contribution is 2.30. The molecule has 0 spiro atoms. The largest absolute Gasteiger partial charge is 0.394 e. The Morgan fingerprint density at radius 3 is 1.15 bits per heavy atom. The van der Waals surface area contributed by atoms with Gasteiger partial charge in [0.25, 0.3) is 0 Å². The van der Waals surface area contributed by atoms with Crippen LogP contribution in [0.25, 0.3) is 0 Å². The molecule has 2 rings (SSSR count). The van der Waals surface area contributed by atoms with E-state index in [2.05, 4.69) is 19.2 Å². The lowest BCUT2D eigenvalue weighted by Gasteiger charge is -2.46. The summed E-state index contributed by atoms with van der Waals surface area (Å²) in [5.41, 5.74) is 0. The highest BCUT2D eigenvalue weighted by atomic mass is 16.7. The standard InChI is InChI=1S/C60H117NO13/c1-3-5-7-9-11-13-15-17-18-19-20-21-22-23-24-25-26-27-28-29-30-32-34-36-38-40-42-44-52(65)61-48(49(64)43-41-39-37-35-33-31-16-14-12-10-8-6-4-2)47-71-59-57(70)55(68)58(51(46-63)73-59)74-60-56(69)54(67)53(66)50(45-62)72-60/h48-51,53-60,62-64,66-70H,3-47H2,1-2H3,(H,61,65)/t48-,49+,50+,51+,53-,54?,55?,56?,57?,58+,59+,60-/m0/s1. The van der Waals surface area contributed by atoms with Crippen LogP contribution in [0.1, 0.15) is 284 Å². The molecule has 74 heavy (non-hydrogen) atoms. The summed E-state index contributed by atoms with van der Waals surface area (Å²) in [6, 6.07) is -0.822. The van der Waals surface area contributed by atoms with Crippen LogP contribution in [-0.4, -0.2) is 140 Å². The van der Waals surface area contributed by atoms with E-state index >= 15 is 0 Å². The quantitative estimate of drug-likeness (QED) is 0.0259. The van der Waals surface area contributed by atoms with E-state index in [-0.39, 0.29) is 12.5 Å². The van der Waals surface area contributed by atoms with Gasteiger partial charge in [-0.25, -0.2) is 0 Å². The van der Waals surface area contributed by atoms with Gasteiger partial charge in [0.2, 0.25) is 5.91 Å². The third kappa shape index (κ3) is 32.2. The molecule has 0 radical (unpaired) electrons. The van der Waals surface area contributed by atoms with Gasteiger partial charge in [-0.05, 0) is 12.8 Å². The van der Waals surface area contributed by atoms with Gasteiger partial charge in [0.1, 0.15) is 48.8 Å². The maximum Gasteiger partial charge on any atom is 0.220 e. The minimum absolute atomic E-state index is 0.200. The molecule has 1 amide bonds. The summed E-state index contributed by atoms with van der Waals surface area (Å²) in [6.45, 7) is 2.89. The molecule has 0 saturated carbocycles. The van der Waals surface area contributed by atoms with Crippen LogP contribution in [0, 0.1) is 0 Å². The molecule has 9 N–H and O–H groups in total. The molecular weight excluding hydrogens is 943 g/mol. The lowest BCUT2D eigenvalue weighted by Crippen LogP contribution is -2.65. The number of nitrogens with one attached hydrogen (secondary N) is 1. The molecule has 440 valence electrons. The number of rotatable bonds is 51. The van der Waals surface area contributed by atoms with Crippen LogP contribution in [0.15, 0.2) is 0 Å². The fourth-order valence-electron chi connectivity index (χ4n) is 10.8. The van der Waals surface area contributed by atoms with E-state index in [0.717, 1.165) is 51.4 Å². The number of aliphatic hydroxyl groups is 8. The van der Waals surface area contributed by atoms with E-state index < -0.39 is 86.8 Å². The third-order valence-electron chi connectivity index (χ3n) is 15.8. The van der Waals surface area contributed by atoms with E-state index in [1.54, 1.807) is 0 Å². The van der Waals surface area contributed by atoms with E-state index in [1.807, 2.05) is 0 Å². The van der Waals surface area contributed by atoms with Crippen LogP contribution in [0.5, 0.6) is 0 Å². The first-order valence-corrected chi connectivity index (χ1v) is 31.3. The Balaban J connectivity index is 1.66. The molecule has 12 atom stereocenters. The van der Waals surface area contributed by atoms with Crippen LogP contribution in [0.3, 0.4) is 0 Å². The number of carbonyl (C=O) groups is 1. The molecule has 2 aliphatic heterocycles. The molecular formula is C60H117NO13. The molecule has 2 fully saturated rings. The number of aliphatic hydroxyl groups excluding tert-OH is 8. The predicted molar refractivity (Wildman–Crippen MR) is 296 cm³/mol. The van der Waals surface area contributed by atoms with Crippen molar-refractivity contribution >= 4 is 5.91 Å². The maximum absolute atomic E-state index is 13.3. The Morgan fingerprint density at radius 2 is 0.770 bits per heavy atom. The molecule has 0 aromatic heterocycles. The van der Waals surface area contributed by atoms with Gasteiger partial charge in [-0.3, -0.25) is 4.79 Å². The molecule has 14 nitrogen and oxygen atoms in total. The zero-order valence-electron chi connectivity index (χ0n) is 47.4. The lowest BCUT2D eigenvalue weighted by atomic mass is 9.97. The van der Waals surface area contributed by atoms with Gasteiger partial charge >= 0.3 is 0 Å². The van der Waals surface area contributed by atoms with Crippen molar-refractivity contribution in [3.8, 4) is 0 Å². The molecule has 2 heterocycles. The topological polar surface area (TPSA) is 228 Å². The van der Waals surface area contributed by atoms with Crippen molar-refractivity contribution < 1.29 is 64.6 Å². The van der Waals surface area contributed by atoms with Crippen molar-refractivity contribution in [1.82, 2.24) is 5.32 Å². The minimum Gasteiger partial charge on any atom is -0.394 e. The van der Waals surface area contributed by atoms with Gasteiger partial charge in [-0.15, -0.1) is 0 Å². The Kier molecular flexibility index (Phi) is 43.8. The summed E-state index contributed by atoms with van der Waals surface area (Å²) >= 11 is 0. The normalized spacial score (nSPS) is 25.1. The molecule has 14 heteroatoms. The number of ether oxygens (including phenoxy) is 4. The number of carbonyl (C=O) groups excluding carboxylic acids is 1. The highest BCUT2D eigenvalue weighted by molar-refractivity contribution is 5.76. The van der Waals surface area contributed by atoms with Crippen molar-refractivity contribution in [2.75, 3.05) is 19.8 Å². The summed E-state index contributed by atoms with van der Waals surface area (Å²) < 4.78 is 22.8. The Bertz CT molecular complexity index is 1250. The van der Waals surface area contributed by atoms with Crippen molar-refractivity contribution in [1.29, 1.82) is 0 Å². The second-order valence-corrected chi connectivity index (χ2v) is 22.6.